The van der Waals surface area contributed by atoms with Gasteiger partial charge < -0.3 is 152 Å². The third kappa shape index (κ3) is 41.5. The maximum Gasteiger partial charge on any atom is 0.410 e. The molecule has 0 radical (unpaired) electrons. The lowest BCUT2D eigenvalue weighted by molar-refractivity contribution is -0.271. The number of likely N-dealkylation sites (tertiary alicyclic amines) is 2. The minimum absolute atomic E-state index is 0.0259. The van der Waals surface area contributed by atoms with Crippen LogP contribution >= 0.6 is 0 Å². The number of carbonyl (C=O) groups is 12. The van der Waals surface area contributed by atoms with Crippen LogP contribution in [0.5, 0.6) is 5.75 Å². The van der Waals surface area contributed by atoms with Crippen LogP contribution in [0.15, 0.2) is 60.7 Å². The number of amides is 11. The summed E-state index contributed by atoms with van der Waals surface area (Å²) in [5.41, 5.74) is -0.271. The summed E-state index contributed by atoms with van der Waals surface area (Å²) < 4.78 is 101. The van der Waals surface area contributed by atoms with E-state index in [0.717, 1.165) is 22.0 Å². The number of ether oxygens (including phenoxy) is 18. The third-order valence-corrected chi connectivity index (χ3v) is 24.3. The summed E-state index contributed by atoms with van der Waals surface area (Å²) in [6, 6.07) is 8.89. The van der Waals surface area contributed by atoms with Crippen LogP contribution in [-0.4, -0.2) is 433 Å². The van der Waals surface area contributed by atoms with Crippen LogP contribution in [0.2, 0.25) is 0 Å². The van der Waals surface area contributed by atoms with Crippen molar-refractivity contribution in [3.8, 4) is 5.75 Å². The Balaban J connectivity index is 0.947. The van der Waals surface area contributed by atoms with Gasteiger partial charge in [-0.3, -0.25) is 57.7 Å². The summed E-state index contributed by atoms with van der Waals surface area (Å²) in [5.74, 6) is -9.11. The van der Waals surface area contributed by atoms with Gasteiger partial charge in [0, 0.05) is 92.2 Å². The zero-order valence-electron chi connectivity index (χ0n) is 83.9. The number of imide groups is 1. The van der Waals surface area contributed by atoms with Crippen molar-refractivity contribution >= 4 is 71.1 Å². The van der Waals surface area contributed by atoms with Crippen LogP contribution in [0.3, 0.4) is 0 Å². The van der Waals surface area contributed by atoms with E-state index in [1.807, 2.05) is 19.9 Å². The second-order valence-corrected chi connectivity index (χ2v) is 35.4. The van der Waals surface area contributed by atoms with E-state index < -0.39 is 169 Å². The molecule has 4 aliphatic heterocycles. The molecule has 141 heavy (non-hydrogen) atoms. The van der Waals surface area contributed by atoms with Crippen molar-refractivity contribution in [2.24, 2.45) is 23.7 Å². The number of aliphatic hydroxyl groups is 4. The third-order valence-electron chi connectivity index (χ3n) is 24.3. The lowest BCUT2D eigenvalue weighted by atomic mass is 9.89. The fourth-order valence-electron chi connectivity index (χ4n) is 16.1. The molecular weight excluding hydrogens is 1850 g/mol. The highest BCUT2D eigenvalue weighted by molar-refractivity contribution is 6.13. The number of nitrogens with one attached hydrogen (secondary N) is 5. The number of likely N-dealkylation sites (N-methyl/N-ethyl adjacent to an activating group) is 2. The van der Waals surface area contributed by atoms with Crippen molar-refractivity contribution in [1.82, 2.24) is 51.1 Å². The smallest absolute Gasteiger partial charge is 0.410 e. The summed E-state index contributed by atoms with van der Waals surface area (Å²) in [4.78, 5) is 169. The summed E-state index contributed by atoms with van der Waals surface area (Å²) in [5, 5.41) is 66.8. The summed E-state index contributed by atoms with van der Waals surface area (Å²) in [7, 11) is 7.51. The van der Waals surface area contributed by atoms with Crippen LogP contribution < -0.4 is 31.3 Å². The molecule has 0 aliphatic carbocycles. The maximum absolute atomic E-state index is 15.0. The summed E-state index contributed by atoms with van der Waals surface area (Å²) >= 11 is 0. The Morgan fingerprint density at radius 2 is 1.11 bits per heavy atom. The first-order valence-electron chi connectivity index (χ1n) is 48.3. The number of hydrogen-bond acceptors (Lipinski definition) is 34. The minimum Gasteiger partial charge on any atom is -0.479 e. The minimum atomic E-state index is -2.07. The van der Waals surface area contributed by atoms with Crippen molar-refractivity contribution in [3.63, 3.8) is 0 Å². The normalized spacial score (nSPS) is 19.2. The van der Waals surface area contributed by atoms with Crippen LogP contribution in [0.25, 0.3) is 0 Å². The monoisotopic (exact) mass is 2010 g/mol. The molecule has 3 saturated heterocycles. The summed E-state index contributed by atoms with van der Waals surface area (Å²) in [6.07, 6.45) is -10.5. The molecule has 2 aromatic rings. The van der Waals surface area contributed by atoms with Gasteiger partial charge in [0.25, 0.3) is 11.8 Å². The molecule has 10 N–H and O–H groups in total. The largest absolute Gasteiger partial charge is 0.479 e. The Kier molecular flexibility index (Phi) is 56.4. The van der Waals surface area contributed by atoms with Crippen LogP contribution in [-0.2, 0) is 146 Å². The average Bonchev–Trinajstić information content (AvgIpc) is 1.25. The van der Waals surface area contributed by atoms with Gasteiger partial charge in [0.15, 0.2) is 6.10 Å². The fourth-order valence-corrected chi connectivity index (χ4v) is 16.1. The Labute approximate surface area is 825 Å². The van der Waals surface area contributed by atoms with E-state index in [1.165, 1.54) is 49.3 Å². The molecule has 45 heteroatoms. The number of carbonyl (C=O) groups excluding carboxylic acids is 11. The second kappa shape index (κ2) is 66.0. The molecule has 0 unspecified atom stereocenters. The number of methoxy groups -OCH3 is 3. The molecule has 4 heterocycles. The Bertz CT molecular complexity index is 4100. The topological polar surface area (TPSA) is 548 Å². The quantitative estimate of drug-likeness (QED) is 0.0313. The van der Waals surface area contributed by atoms with Crippen molar-refractivity contribution in [2.75, 3.05) is 233 Å². The molecule has 45 nitrogen and oxygen atoms in total. The van der Waals surface area contributed by atoms with Crippen LogP contribution in [0, 0.1) is 23.7 Å². The number of rotatable bonds is 74. The van der Waals surface area contributed by atoms with Gasteiger partial charge in [0.1, 0.15) is 55.0 Å². The highest BCUT2D eigenvalue weighted by Gasteiger charge is 2.50. The number of benzene rings is 2. The Hall–Kier alpha value is -9.18. The van der Waals surface area contributed by atoms with Crippen molar-refractivity contribution in [1.29, 1.82) is 0 Å². The SMILES string of the molecule is CC[C@H](C)[C@@H]([C@@H](CC(=O)N1CCC[C@H]1[C@H](OC)[C@@H](C)C(=O)N[C@H](C)[C@@H](O)c1ccccc1)OC)N(C)C(=O)[C@@H](NC(=O)[C@H](C(C)C)N(C)C(=O)OCc1ccc(O[C@@H]2O[C@H](C(=O)O)[C@@H](O)[C@H](O)[C@H]2O)c(CNC(=O)CCNC(=O)COC2(CNC(=O)CCN3C(=O)C=CC3=O)CN(C(=O)CCOCCOCCOCCOCCOCCOCCOCCOCCOCCOCCOCCOC)C2)c1)C(C)C. The Morgan fingerprint density at radius 1 is 0.582 bits per heavy atom. The first-order valence-corrected chi connectivity index (χ1v) is 48.3. The molecule has 0 bridgehead atoms. The van der Waals surface area contributed by atoms with E-state index in [-0.39, 0.29) is 132 Å². The van der Waals surface area contributed by atoms with Gasteiger partial charge in [-0.1, -0.05) is 91.3 Å². The van der Waals surface area contributed by atoms with Crippen molar-refractivity contribution in [3.05, 3.63) is 77.4 Å². The van der Waals surface area contributed by atoms with E-state index in [1.54, 1.807) is 84.9 Å². The standard InChI is InChI=1S/C96H154N10O35/c1-14-65(6)83(73(125-12)56-80(113)105-30-18-21-71(105)88(126-13)66(7)90(118)100-67(8)84(114)69-19-16-15-17-20-69)102(9)92(120)81(63(2)3)101-91(119)82(64(4)5)103(10)95(123)138-58-68-22-23-72(140-94-87(117)85(115)86(116)89(141-94)93(121)122)70(55-68)57-98-74(107)26-29-97-76(109)59-139-96(60-99-75(108)27-31-106-78(111)24-25-79(106)112)61-104(62-96)77(110)28-32-127-35-36-129-39-40-131-43-44-133-47-48-135-51-52-137-54-53-136-50-49-134-46-45-132-42-41-130-38-37-128-34-33-124-11/h15-17,19-20,22-25,55,63-67,71,73,81-89,94,114-117H,14,18,21,26-54,56-62H2,1-13H3,(H,97,109)(H,98,107)(H,99,108)(H,100,118)(H,101,119)(H,121,122)/t65-,66+,67+,71-,73+,81-,82-,83-,84+,85-,86-,87+,88+,89-,94+/m0/s1. The van der Waals surface area contributed by atoms with Crippen LogP contribution in [0.4, 0.5) is 4.79 Å². The second-order valence-electron chi connectivity index (χ2n) is 35.4. The van der Waals surface area contributed by atoms with Crippen LogP contribution in [0.1, 0.15) is 123 Å². The van der Waals surface area contributed by atoms with Gasteiger partial charge in [-0.2, -0.15) is 0 Å². The van der Waals surface area contributed by atoms with E-state index in [9.17, 15) is 78.3 Å². The van der Waals surface area contributed by atoms with Gasteiger partial charge >= 0.3 is 12.1 Å². The van der Waals surface area contributed by atoms with Gasteiger partial charge in [-0.05, 0) is 60.8 Å². The zero-order valence-corrected chi connectivity index (χ0v) is 83.9. The van der Waals surface area contributed by atoms with Gasteiger partial charge in [0.05, 0.1) is 227 Å². The molecule has 0 spiro atoms. The number of aliphatic carboxylic acids is 1. The molecule has 0 aromatic heterocycles. The first kappa shape index (κ1) is 121. The number of nitrogens with zero attached hydrogens (tertiary/aromatic N) is 5. The highest BCUT2D eigenvalue weighted by Crippen LogP contribution is 2.33. The van der Waals surface area contributed by atoms with E-state index in [2.05, 4.69) is 26.6 Å². The molecule has 4 aliphatic rings. The van der Waals surface area contributed by atoms with Crippen molar-refractivity contribution in [2.45, 2.75) is 198 Å². The van der Waals surface area contributed by atoms with Crippen molar-refractivity contribution < 1.29 is 168 Å². The van der Waals surface area contributed by atoms with Gasteiger partial charge in [-0.25, -0.2) is 9.59 Å². The van der Waals surface area contributed by atoms with E-state index in [4.69, 9.17) is 85.3 Å². The zero-order chi connectivity index (χ0) is 103. The summed E-state index contributed by atoms with van der Waals surface area (Å²) in [6.45, 7) is 21.4. The number of carboxylic acids is 1. The maximum atomic E-state index is 15.0. The number of carboxylic acid groups (broad SMARTS) is 1. The average molecular weight is 2010 g/mol. The number of aliphatic hydroxyl groups excluding tert-OH is 4. The predicted molar refractivity (Wildman–Crippen MR) is 504 cm³/mol. The highest BCUT2D eigenvalue weighted by atomic mass is 16.7. The van der Waals surface area contributed by atoms with Gasteiger partial charge in [-0.15, -0.1) is 0 Å². The molecule has 15 atom stereocenters. The molecular formula is C96H154N10O35. The fraction of sp³-hybridized carbons (Fsp3) is 0.729. The molecule has 798 valence electrons. The molecule has 11 amide bonds. The molecule has 6 rings (SSSR count). The van der Waals surface area contributed by atoms with E-state index >= 15 is 4.79 Å². The number of hydrogen-bond donors (Lipinski definition) is 10. The lowest BCUT2D eigenvalue weighted by Gasteiger charge is -2.49. The first-order chi connectivity index (χ1) is 67.6. The predicted octanol–water partition coefficient (Wildman–Crippen LogP) is 0.221. The lowest BCUT2D eigenvalue weighted by Crippen LogP contribution is -2.69. The molecule has 0 saturated carbocycles. The molecule has 3 fully saturated rings. The molecule has 2 aromatic carbocycles. The Morgan fingerprint density at radius 3 is 1.62 bits per heavy atom. The van der Waals surface area contributed by atoms with E-state index in [0.29, 0.717) is 157 Å². The van der Waals surface area contributed by atoms with Gasteiger partial charge in [0.2, 0.25) is 53.5 Å².